The fourth-order valence-corrected chi connectivity index (χ4v) is 1.79. The van der Waals surface area contributed by atoms with E-state index in [1.807, 2.05) is 0 Å². The van der Waals surface area contributed by atoms with E-state index in [1.165, 1.54) is 18.2 Å². The van der Waals surface area contributed by atoms with Crippen molar-refractivity contribution in [1.29, 1.82) is 0 Å². The number of benzene rings is 1. The molecule has 0 aliphatic carbocycles. The van der Waals surface area contributed by atoms with Crippen LogP contribution in [-0.2, 0) is 9.53 Å². The number of anilines is 2. The molecule has 0 aliphatic heterocycles. The normalized spacial score (nSPS) is 12.4. The Morgan fingerprint density at radius 3 is 2.58 bits per heavy atom. The van der Waals surface area contributed by atoms with Crippen LogP contribution < -0.4 is 22.1 Å². The van der Waals surface area contributed by atoms with E-state index in [2.05, 4.69) is 10.1 Å². The van der Waals surface area contributed by atoms with Crippen LogP contribution in [0.3, 0.4) is 0 Å². The van der Waals surface area contributed by atoms with E-state index >= 15 is 0 Å². The molecule has 1 aromatic rings. The first kappa shape index (κ1) is 21.5. The number of nitrogens with one attached hydrogen (secondary N) is 1. The summed E-state index contributed by atoms with van der Waals surface area (Å²) < 4.78 is 40.1. The zero-order valence-corrected chi connectivity index (χ0v) is 13.5. The SMILES string of the molecule is Nc1ccc(C(=O)NCCC(O)C(=O)OCCC(F)(F)F)cc1N(N)O. The van der Waals surface area contributed by atoms with E-state index in [4.69, 9.17) is 11.6 Å². The lowest BCUT2D eigenvalue weighted by atomic mass is 10.1. The number of amides is 1. The molecule has 0 saturated carbocycles. The second kappa shape index (κ2) is 9.22. The van der Waals surface area contributed by atoms with Gasteiger partial charge in [-0.25, -0.2) is 10.6 Å². The summed E-state index contributed by atoms with van der Waals surface area (Å²) in [6, 6.07) is 3.92. The summed E-state index contributed by atoms with van der Waals surface area (Å²) >= 11 is 0. The van der Waals surface area contributed by atoms with Gasteiger partial charge in [0.05, 0.1) is 12.1 Å². The largest absolute Gasteiger partial charge is 0.463 e. The van der Waals surface area contributed by atoms with Gasteiger partial charge in [0.25, 0.3) is 5.91 Å². The van der Waals surface area contributed by atoms with Crippen LogP contribution in [-0.4, -0.2) is 47.6 Å². The van der Waals surface area contributed by atoms with E-state index in [9.17, 15) is 33.1 Å². The van der Waals surface area contributed by atoms with Gasteiger partial charge in [-0.1, -0.05) is 0 Å². The van der Waals surface area contributed by atoms with Crippen LogP contribution in [0.25, 0.3) is 0 Å². The molecular formula is C14H19F3N4O5. The van der Waals surface area contributed by atoms with Crippen LogP contribution in [0.1, 0.15) is 23.2 Å². The molecule has 146 valence electrons. The summed E-state index contributed by atoms with van der Waals surface area (Å²) in [5, 5.41) is 21.3. The fourth-order valence-electron chi connectivity index (χ4n) is 1.79. The Morgan fingerprint density at radius 1 is 1.35 bits per heavy atom. The molecule has 12 heteroatoms. The first-order valence-corrected chi connectivity index (χ1v) is 7.34. The highest BCUT2D eigenvalue weighted by Crippen LogP contribution is 2.21. The predicted molar refractivity (Wildman–Crippen MR) is 83.9 cm³/mol. The minimum atomic E-state index is -4.47. The zero-order chi connectivity index (χ0) is 19.9. The highest BCUT2D eigenvalue weighted by Gasteiger charge is 2.28. The molecule has 1 atom stereocenters. The Balaban J connectivity index is 2.43. The highest BCUT2D eigenvalue weighted by molar-refractivity contribution is 5.96. The lowest BCUT2D eigenvalue weighted by molar-refractivity contribution is -0.165. The molecule has 0 fully saturated rings. The number of carbonyl (C=O) groups excluding carboxylic acids is 2. The van der Waals surface area contributed by atoms with Gasteiger partial charge in [0.15, 0.2) is 6.10 Å². The van der Waals surface area contributed by atoms with Crippen molar-refractivity contribution < 1.29 is 37.8 Å². The van der Waals surface area contributed by atoms with E-state index in [-0.39, 0.29) is 35.1 Å². The van der Waals surface area contributed by atoms with Gasteiger partial charge < -0.3 is 20.9 Å². The number of nitrogen functional groups attached to an aromatic ring is 1. The molecule has 0 saturated heterocycles. The molecule has 0 aromatic heterocycles. The lowest BCUT2D eigenvalue weighted by Gasteiger charge is -2.14. The topological polar surface area (TPSA) is 151 Å². The van der Waals surface area contributed by atoms with Gasteiger partial charge >= 0.3 is 12.1 Å². The van der Waals surface area contributed by atoms with Crippen molar-refractivity contribution in [3.8, 4) is 0 Å². The van der Waals surface area contributed by atoms with Crippen LogP contribution in [0, 0.1) is 0 Å². The molecule has 1 rings (SSSR count). The summed E-state index contributed by atoms with van der Waals surface area (Å²) in [6.45, 7) is -1.05. The lowest BCUT2D eigenvalue weighted by Crippen LogP contribution is -2.32. The number of hydrogen-bond donors (Lipinski definition) is 5. The van der Waals surface area contributed by atoms with Crippen molar-refractivity contribution in [2.45, 2.75) is 25.1 Å². The van der Waals surface area contributed by atoms with E-state index in [0.29, 0.717) is 0 Å². The maximum Gasteiger partial charge on any atom is 0.392 e. The van der Waals surface area contributed by atoms with Crippen LogP contribution in [0.15, 0.2) is 18.2 Å². The monoisotopic (exact) mass is 380 g/mol. The summed E-state index contributed by atoms with van der Waals surface area (Å²) in [7, 11) is 0. The Labute approximate surface area is 146 Å². The Morgan fingerprint density at radius 2 is 2.00 bits per heavy atom. The van der Waals surface area contributed by atoms with Crippen LogP contribution >= 0.6 is 0 Å². The van der Waals surface area contributed by atoms with Crippen molar-refractivity contribution in [3.05, 3.63) is 23.8 Å². The quantitative estimate of drug-likeness (QED) is 0.187. The Hall–Kier alpha value is -2.57. The zero-order valence-electron chi connectivity index (χ0n) is 13.5. The van der Waals surface area contributed by atoms with E-state index in [1.54, 1.807) is 0 Å². The summed E-state index contributed by atoms with van der Waals surface area (Å²) in [4.78, 5) is 23.3. The number of halogens is 3. The van der Waals surface area contributed by atoms with Gasteiger partial charge in [-0.05, 0) is 18.2 Å². The third-order valence-electron chi connectivity index (χ3n) is 3.14. The molecule has 0 spiro atoms. The average Bonchev–Trinajstić information content (AvgIpc) is 2.53. The molecule has 9 nitrogen and oxygen atoms in total. The second-order valence-electron chi connectivity index (χ2n) is 5.21. The number of esters is 1. The summed E-state index contributed by atoms with van der Waals surface area (Å²) in [5.41, 5.74) is 5.78. The minimum Gasteiger partial charge on any atom is -0.463 e. The first-order valence-electron chi connectivity index (χ1n) is 7.34. The second-order valence-corrected chi connectivity index (χ2v) is 5.21. The van der Waals surface area contributed by atoms with Crippen LogP contribution in [0.4, 0.5) is 24.5 Å². The maximum atomic E-state index is 11.9. The number of nitrogens with two attached hydrogens (primary N) is 2. The number of nitrogens with zero attached hydrogens (tertiary/aromatic N) is 1. The molecular weight excluding hydrogens is 361 g/mol. The number of hydrazine groups is 1. The van der Waals surface area contributed by atoms with Gasteiger partial charge in [0.1, 0.15) is 12.3 Å². The summed E-state index contributed by atoms with van der Waals surface area (Å²) in [5.74, 6) is 3.33. The molecule has 1 amide bonds. The van der Waals surface area contributed by atoms with Gasteiger partial charge in [-0.3, -0.25) is 10.0 Å². The van der Waals surface area contributed by atoms with E-state index in [0.717, 1.165) is 0 Å². The Bertz CT molecular complexity index is 639. The van der Waals surface area contributed by atoms with Crippen molar-refractivity contribution in [3.63, 3.8) is 0 Å². The van der Waals surface area contributed by atoms with Gasteiger partial charge in [-0.15, -0.1) is 0 Å². The number of rotatable bonds is 8. The highest BCUT2D eigenvalue weighted by atomic mass is 19.4. The standard InChI is InChI=1S/C14H19F3N4O5/c15-14(16,17)4-6-26-13(24)11(22)3-5-20-12(23)8-1-2-9(18)10(7-8)21(19)25/h1-2,7,11,22,25H,3-6,18-19H2,(H,20,23). The predicted octanol–water partition coefficient (Wildman–Crippen LogP) is 0.314. The van der Waals surface area contributed by atoms with Crippen LogP contribution in [0.5, 0.6) is 0 Å². The smallest absolute Gasteiger partial charge is 0.392 e. The molecule has 0 radical (unpaired) electrons. The van der Waals surface area contributed by atoms with Crippen molar-refractivity contribution >= 4 is 23.3 Å². The number of aliphatic hydroxyl groups is 1. The molecule has 0 bridgehead atoms. The molecule has 0 aliphatic rings. The Kier molecular flexibility index (Phi) is 7.61. The minimum absolute atomic E-state index is 0.00840. The summed E-state index contributed by atoms with van der Waals surface area (Å²) in [6.07, 6.45) is -7.72. The molecule has 7 N–H and O–H groups in total. The number of ether oxygens (including phenoxy) is 1. The van der Waals surface area contributed by atoms with Crippen molar-refractivity contribution in [2.75, 3.05) is 24.1 Å². The molecule has 1 aromatic carbocycles. The number of alkyl halides is 3. The van der Waals surface area contributed by atoms with Gasteiger partial charge in [0, 0.05) is 18.5 Å². The fraction of sp³-hybridized carbons (Fsp3) is 0.429. The van der Waals surface area contributed by atoms with Gasteiger partial charge in [0.2, 0.25) is 0 Å². The van der Waals surface area contributed by atoms with E-state index < -0.39 is 37.2 Å². The van der Waals surface area contributed by atoms with Gasteiger partial charge in [-0.2, -0.15) is 18.3 Å². The van der Waals surface area contributed by atoms with Crippen molar-refractivity contribution in [2.24, 2.45) is 5.84 Å². The average molecular weight is 380 g/mol. The third kappa shape index (κ3) is 7.13. The number of carbonyl (C=O) groups is 2. The third-order valence-corrected chi connectivity index (χ3v) is 3.14. The molecule has 26 heavy (non-hydrogen) atoms. The number of hydrogen-bond acceptors (Lipinski definition) is 8. The number of aliphatic hydroxyl groups excluding tert-OH is 1. The van der Waals surface area contributed by atoms with Crippen LogP contribution in [0.2, 0.25) is 0 Å². The molecule has 1 unspecified atom stereocenters. The first-order chi connectivity index (χ1) is 12.0. The maximum absolute atomic E-state index is 11.9. The van der Waals surface area contributed by atoms with Crippen molar-refractivity contribution in [1.82, 2.24) is 5.32 Å². The molecule has 0 heterocycles.